The van der Waals surface area contributed by atoms with Crippen molar-refractivity contribution in [3.05, 3.63) is 35.9 Å². The highest BCUT2D eigenvalue weighted by atomic mass is 32.2. The highest BCUT2D eigenvalue weighted by molar-refractivity contribution is 7.88. The predicted molar refractivity (Wildman–Crippen MR) is 122 cm³/mol. The van der Waals surface area contributed by atoms with Crippen LogP contribution < -0.4 is 15.4 Å². The van der Waals surface area contributed by atoms with Gasteiger partial charge in [-0.3, -0.25) is 9.59 Å². The van der Waals surface area contributed by atoms with Crippen molar-refractivity contribution in [3.63, 3.8) is 0 Å². The Morgan fingerprint density at radius 2 is 1.87 bits per heavy atom. The zero-order chi connectivity index (χ0) is 23.0. The number of sulfonamides is 1. The standard InChI is InChI=1S/C22H36N4O4S/c1-5-19(23-4)21(27)25-20(16(2)3)22(28)26-13-9-12-18(26)14-24-31(29,30)15-17-10-7-6-8-11-17/h6-8,10-11,16,18-20,23-24H,5,9,12-15H2,1-4H3,(H,25,27)/t18-,19-,20-/m0/s1. The zero-order valence-corrected chi connectivity index (χ0v) is 19.7. The lowest BCUT2D eigenvalue weighted by molar-refractivity contribution is -0.138. The van der Waals surface area contributed by atoms with Crippen molar-refractivity contribution in [2.24, 2.45) is 5.92 Å². The molecule has 174 valence electrons. The Kier molecular flexibility index (Phi) is 9.46. The van der Waals surface area contributed by atoms with Gasteiger partial charge in [-0.25, -0.2) is 13.1 Å². The van der Waals surface area contributed by atoms with Gasteiger partial charge in [0.05, 0.1) is 11.8 Å². The normalized spacial score (nSPS) is 18.7. The van der Waals surface area contributed by atoms with Gasteiger partial charge < -0.3 is 15.5 Å². The van der Waals surface area contributed by atoms with Gasteiger partial charge in [0.25, 0.3) is 0 Å². The molecule has 8 nitrogen and oxygen atoms in total. The molecule has 2 amide bonds. The Hall–Kier alpha value is -1.97. The molecule has 0 radical (unpaired) electrons. The molecule has 0 saturated carbocycles. The topological polar surface area (TPSA) is 108 Å². The summed E-state index contributed by atoms with van der Waals surface area (Å²) in [7, 11) is -1.79. The van der Waals surface area contributed by atoms with Crippen LogP contribution in [0.1, 0.15) is 45.6 Å². The molecule has 0 bridgehead atoms. The Bertz CT molecular complexity index is 825. The molecule has 1 aliphatic heterocycles. The molecule has 0 aromatic heterocycles. The molecule has 1 aliphatic rings. The van der Waals surface area contributed by atoms with Gasteiger partial charge in [-0.05, 0) is 37.8 Å². The van der Waals surface area contributed by atoms with Gasteiger partial charge in [0, 0.05) is 19.1 Å². The van der Waals surface area contributed by atoms with E-state index in [-0.39, 0.29) is 42.1 Å². The van der Waals surface area contributed by atoms with Crippen molar-refractivity contribution >= 4 is 21.8 Å². The van der Waals surface area contributed by atoms with E-state index in [0.717, 1.165) is 12.8 Å². The summed E-state index contributed by atoms with van der Waals surface area (Å²) in [6.07, 6.45) is 2.16. The Labute approximate surface area is 186 Å². The van der Waals surface area contributed by atoms with Crippen molar-refractivity contribution < 1.29 is 18.0 Å². The lowest BCUT2D eigenvalue weighted by Crippen LogP contribution is -2.56. The summed E-state index contributed by atoms with van der Waals surface area (Å²) in [6.45, 7) is 6.44. The number of rotatable bonds is 11. The number of hydrogen-bond acceptors (Lipinski definition) is 5. The highest BCUT2D eigenvalue weighted by Crippen LogP contribution is 2.20. The van der Waals surface area contributed by atoms with Crippen LogP contribution in [0.25, 0.3) is 0 Å². The molecule has 1 fully saturated rings. The molecule has 0 aliphatic carbocycles. The van der Waals surface area contributed by atoms with Crippen LogP contribution >= 0.6 is 0 Å². The van der Waals surface area contributed by atoms with Crippen LogP contribution in [0.2, 0.25) is 0 Å². The number of carbonyl (C=O) groups excluding carboxylic acids is 2. The molecule has 2 rings (SSSR count). The lowest BCUT2D eigenvalue weighted by atomic mass is 10.0. The van der Waals surface area contributed by atoms with Crippen molar-refractivity contribution in [3.8, 4) is 0 Å². The van der Waals surface area contributed by atoms with E-state index in [1.807, 2.05) is 26.8 Å². The second kappa shape index (κ2) is 11.6. The molecule has 1 aromatic rings. The summed E-state index contributed by atoms with van der Waals surface area (Å²) in [4.78, 5) is 27.5. The summed E-state index contributed by atoms with van der Waals surface area (Å²) < 4.78 is 27.6. The van der Waals surface area contributed by atoms with Gasteiger partial charge in [0.15, 0.2) is 0 Å². The van der Waals surface area contributed by atoms with E-state index in [4.69, 9.17) is 0 Å². The third-order valence-electron chi connectivity index (χ3n) is 5.70. The van der Waals surface area contributed by atoms with Gasteiger partial charge in [-0.1, -0.05) is 51.1 Å². The number of nitrogens with zero attached hydrogens (tertiary/aromatic N) is 1. The second-order valence-corrected chi connectivity index (χ2v) is 10.2. The van der Waals surface area contributed by atoms with E-state index in [1.165, 1.54) is 0 Å². The molecule has 0 spiro atoms. The molecule has 1 heterocycles. The van der Waals surface area contributed by atoms with Crippen LogP contribution in [0, 0.1) is 5.92 Å². The lowest BCUT2D eigenvalue weighted by Gasteiger charge is -2.32. The van der Waals surface area contributed by atoms with Gasteiger partial charge in [-0.15, -0.1) is 0 Å². The SMILES string of the molecule is CC[C@H](NC)C(=O)N[C@H](C(=O)N1CCC[C@H]1CNS(=O)(=O)Cc1ccccc1)C(C)C. The maximum absolute atomic E-state index is 13.3. The van der Waals surface area contributed by atoms with Crippen LogP contribution in [0.3, 0.4) is 0 Å². The summed E-state index contributed by atoms with van der Waals surface area (Å²) in [6, 6.07) is 7.78. The Balaban J connectivity index is 2.01. The quantitative estimate of drug-likeness (QED) is 0.468. The Morgan fingerprint density at radius 1 is 1.19 bits per heavy atom. The monoisotopic (exact) mass is 452 g/mol. The number of amides is 2. The largest absolute Gasteiger partial charge is 0.343 e. The average molecular weight is 453 g/mol. The molecule has 1 saturated heterocycles. The van der Waals surface area contributed by atoms with Crippen LogP contribution in [-0.4, -0.2) is 63.4 Å². The third kappa shape index (κ3) is 7.29. The van der Waals surface area contributed by atoms with Crippen LogP contribution in [0.5, 0.6) is 0 Å². The maximum Gasteiger partial charge on any atom is 0.245 e. The van der Waals surface area contributed by atoms with Crippen molar-refractivity contribution in [1.29, 1.82) is 0 Å². The first-order valence-electron chi connectivity index (χ1n) is 11.0. The molecular weight excluding hydrogens is 416 g/mol. The van der Waals surface area contributed by atoms with E-state index < -0.39 is 16.1 Å². The van der Waals surface area contributed by atoms with E-state index in [2.05, 4.69) is 15.4 Å². The molecule has 0 unspecified atom stereocenters. The summed E-state index contributed by atoms with van der Waals surface area (Å²) in [5.41, 5.74) is 0.715. The number of nitrogens with one attached hydrogen (secondary N) is 3. The Morgan fingerprint density at radius 3 is 2.45 bits per heavy atom. The summed E-state index contributed by atoms with van der Waals surface area (Å²) in [5.74, 6) is -0.529. The van der Waals surface area contributed by atoms with Crippen LogP contribution in [0.4, 0.5) is 0 Å². The summed E-state index contributed by atoms with van der Waals surface area (Å²) in [5, 5.41) is 5.85. The minimum Gasteiger partial charge on any atom is -0.343 e. The van der Waals surface area contributed by atoms with E-state index in [0.29, 0.717) is 18.5 Å². The number of benzene rings is 1. The molecule has 3 N–H and O–H groups in total. The fourth-order valence-electron chi connectivity index (χ4n) is 3.87. The number of carbonyl (C=O) groups is 2. The van der Waals surface area contributed by atoms with Gasteiger partial charge >= 0.3 is 0 Å². The van der Waals surface area contributed by atoms with Gasteiger partial charge in [0.2, 0.25) is 21.8 Å². The number of likely N-dealkylation sites (tertiary alicyclic amines) is 1. The van der Waals surface area contributed by atoms with Gasteiger partial charge in [0.1, 0.15) is 6.04 Å². The molecular formula is C22H36N4O4S. The van der Waals surface area contributed by atoms with Crippen molar-refractivity contribution in [2.75, 3.05) is 20.1 Å². The first-order valence-corrected chi connectivity index (χ1v) is 12.6. The van der Waals surface area contributed by atoms with Crippen molar-refractivity contribution in [2.45, 2.75) is 63.9 Å². The minimum absolute atomic E-state index is 0.0816. The van der Waals surface area contributed by atoms with Crippen molar-refractivity contribution in [1.82, 2.24) is 20.3 Å². The highest BCUT2D eigenvalue weighted by Gasteiger charge is 2.36. The van der Waals surface area contributed by atoms with E-state index in [9.17, 15) is 18.0 Å². The molecule has 3 atom stereocenters. The molecule has 9 heteroatoms. The van der Waals surface area contributed by atoms with Gasteiger partial charge in [-0.2, -0.15) is 0 Å². The molecule has 31 heavy (non-hydrogen) atoms. The first-order chi connectivity index (χ1) is 14.7. The molecule has 1 aromatic carbocycles. The van der Waals surface area contributed by atoms with Crippen LogP contribution in [-0.2, 0) is 25.4 Å². The zero-order valence-electron chi connectivity index (χ0n) is 18.9. The van der Waals surface area contributed by atoms with E-state index >= 15 is 0 Å². The summed E-state index contributed by atoms with van der Waals surface area (Å²) >= 11 is 0. The number of likely N-dealkylation sites (N-methyl/N-ethyl adjacent to an activating group) is 1. The second-order valence-electron chi connectivity index (χ2n) is 8.40. The number of hydrogen-bond donors (Lipinski definition) is 3. The van der Waals surface area contributed by atoms with Crippen LogP contribution in [0.15, 0.2) is 30.3 Å². The average Bonchev–Trinajstić information content (AvgIpc) is 3.20. The third-order valence-corrected chi connectivity index (χ3v) is 7.02. The smallest absolute Gasteiger partial charge is 0.245 e. The fourth-order valence-corrected chi connectivity index (χ4v) is 5.05. The predicted octanol–water partition coefficient (Wildman–Crippen LogP) is 1.24. The first kappa shape index (κ1) is 25.3. The maximum atomic E-state index is 13.3. The minimum atomic E-state index is -3.51. The fraction of sp³-hybridized carbons (Fsp3) is 0.636. The van der Waals surface area contributed by atoms with E-state index in [1.54, 1.807) is 36.2 Å².